The van der Waals surface area contributed by atoms with Gasteiger partial charge in [0.25, 0.3) is 0 Å². The number of imide groups is 1. The number of anilines is 1. The second-order valence-corrected chi connectivity index (χ2v) is 11.8. The van der Waals surface area contributed by atoms with Crippen LogP contribution in [0.2, 0.25) is 0 Å². The average molecular weight is 576 g/mol. The summed E-state index contributed by atoms with van der Waals surface area (Å²) in [5.74, 6) is -2.24. The summed E-state index contributed by atoms with van der Waals surface area (Å²) < 4.78 is 0. The van der Waals surface area contributed by atoms with Crippen LogP contribution in [-0.2, 0) is 26.2 Å². The summed E-state index contributed by atoms with van der Waals surface area (Å²) in [7, 11) is 0. The van der Waals surface area contributed by atoms with E-state index < -0.39 is 17.3 Å². The molecule has 4 aliphatic rings. The van der Waals surface area contributed by atoms with Crippen molar-refractivity contribution in [2.75, 3.05) is 4.90 Å². The van der Waals surface area contributed by atoms with E-state index in [1.54, 1.807) is 6.21 Å². The van der Waals surface area contributed by atoms with Crippen LogP contribution in [0.15, 0.2) is 126 Å². The standard InChI is InChI=1S/C38H29N3O3/c42-32(22-21-24-11-2-1-3-12-24)40-39-23-38-29-18-8-6-16-27(29)33(28-17-7-9-19-30(28)38)34-35(38)37(44)41(36(34)43)31-20-10-14-25-13-4-5-15-26(25)31/h1-20,23,33-35H,21-22H2,(H,40,42)/b39-23-/t33?,34-,35+,38?/m0/s1. The van der Waals surface area contributed by atoms with Gasteiger partial charge in [0, 0.05) is 23.9 Å². The Bertz CT molecular complexity index is 1950. The number of nitrogens with zero attached hydrogens (tertiary/aromatic N) is 2. The molecule has 44 heavy (non-hydrogen) atoms. The van der Waals surface area contributed by atoms with Crippen LogP contribution in [-0.4, -0.2) is 23.9 Å². The molecule has 2 atom stereocenters. The normalized spacial score (nSPS) is 23.1. The van der Waals surface area contributed by atoms with Gasteiger partial charge in [0.05, 0.1) is 22.9 Å². The zero-order valence-electron chi connectivity index (χ0n) is 23.9. The molecule has 6 nitrogen and oxygen atoms in total. The van der Waals surface area contributed by atoms with E-state index >= 15 is 0 Å². The van der Waals surface area contributed by atoms with Gasteiger partial charge in [-0.15, -0.1) is 0 Å². The summed E-state index contributed by atoms with van der Waals surface area (Å²) in [5, 5.41) is 6.35. The minimum atomic E-state index is -1.04. The quantitative estimate of drug-likeness (QED) is 0.150. The highest BCUT2D eigenvalue weighted by atomic mass is 16.2. The van der Waals surface area contributed by atoms with E-state index in [0.29, 0.717) is 12.1 Å². The second-order valence-electron chi connectivity index (χ2n) is 11.8. The summed E-state index contributed by atoms with van der Waals surface area (Å²) in [5.41, 5.74) is 7.32. The van der Waals surface area contributed by atoms with Crippen molar-refractivity contribution >= 4 is 40.4 Å². The molecule has 2 bridgehead atoms. The molecule has 0 radical (unpaired) electrons. The number of hydrazone groups is 1. The monoisotopic (exact) mass is 575 g/mol. The van der Waals surface area contributed by atoms with Crippen LogP contribution in [0.4, 0.5) is 5.69 Å². The van der Waals surface area contributed by atoms with E-state index in [0.717, 1.165) is 38.6 Å². The molecule has 5 aromatic carbocycles. The van der Waals surface area contributed by atoms with E-state index in [-0.39, 0.29) is 30.1 Å². The first-order chi connectivity index (χ1) is 21.6. The summed E-state index contributed by atoms with van der Waals surface area (Å²) in [4.78, 5) is 43.6. The van der Waals surface area contributed by atoms with Crippen LogP contribution in [0.5, 0.6) is 0 Å². The lowest BCUT2D eigenvalue weighted by Gasteiger charge is -2.52. The van der Waals surface area contributed by atoms with Crippen LogP contribution in [0.3, 0.4) is 0 Å². The van der Waals surface area contributed by atoms with Crippen LogP contribution >= 0.6 is 0 Å². The van der Waals surface area contributed by atoms with Crippen molar-refractivity contribution in [3.63, 3.8) is 0 Å². The average Bonchev–Trinajstić information content (AvgIpc) is 3.34. The maximum Gasteiger partial charge on any atom is 0.240 e. The lowest BCUT2D eigenvalue weighted by molar-refractivity contribution is -0.123. The summed E-state index contributed by atoms with van der Waals surface area (Å²) in [6.45, 7) is 0. The van der Waals surface area contributed by atoms with Crippen LogP contribution in [0, 0.1) is 11.8 Å². The van der Waals surface area contributed by atoms with Crippen molar-refractivity contribution in [1.82, 2.24) is 5.43 Å². The van der Waals surface area contributed by atoms with Gasteiger partial charge < -0.3 is 0 Å². The van der Waals surface area contributed by atoms with Crippen LogP contribution in [0.25, 0.3) is 10.8 Å². The number of benzene rings is 5. The van der Waals surface area contributed by atoms with Crippen molar-refractivity contribution in [2.45, 2.75) is 24.2 Å². The fourth-order valence-corrected chi connectivity index (χ4v) is 7.86. The molecule has 0 spiro atoms. The Kier molecular flexibility index (Phi) is 6.05. The Morgan fingerprint density at radius 1 is 0.750 bits per heavy atom. The number of rotatable bonds is 6. The minimum Gasteiger partial charge on any atom is -0.274 e. The Morgan fingerprint density at radius 3 is 2.14 bits per heavy atom. The van der Waals surface area contributed by atoms with Gasteiger partial charge in [-0.1, -0.05) is 115 Å². The molecule has 1 saturated heterocycles. The van der Waals surface area contributed by atoms with Crippen molar-refractivity contribution in [2.24, 2.45) is 16.9 Å². The molecule has 0 saturated carbocycles. The largest absolute Gasteiger partial charge is 0.274 e. The molecule has 1 N–H and O–H groups in total. The van der Waals surface area contributed by atoms with Gasteiger partial charge >= 0.3 is 0 Å². The smallest absolute Gasteiger partial charge is 0.240 e. The SMILES string of the molecule is O=C(CCc1ccccc1)N/N=C\C12c3ccccc3C(c3ccccc31)[C@@H]1C(=O)N(c3cccc4ccccc34)C(=O)[C@@H]12. The summed E-state index contributed by atoms with van der Waals surface area (Å²) in [6, 6.07) is 39.5. The molecule has 214 valence electrons. The molecule has 1 aliphatic heterocycles. The first-order valence-electron chi connectivity index (χ1n) is 15.0. The van der Waals surface area contributed by atoms with Crippen molar-refractivity contribution in [3.8, 4) is 0 Å². The first-order valence-corrected chi connectivity index (χ1v) is 15.0. The van der Waals surface area contributed by atoms with Gasteiger partial charge in [-0.2, -0.15) is 5.10 Å². The molecule has 6 heteroatoms. The minimum absolute atomic E-state index is 0.199. The number of fused-ring (bicyclic) bond motifs is 1. The highest BCUT2D eigenvalue weighted by Gasteiger charge is 2.68. The van der Waals surface area contributed by atoms with Gasteiger partial charge in [-0.05, 0) is 45.7 Å². The molecule has 5 aromatic rings. The van der Waals surface area contributed by atoms with E-state index in [1.807, 2.05) is 109 Å². The third-order valence-electron chi connectivity index (χ3n) is 9.63. The molecule has 0 unspecified atom stereocenters. The number of aryl methyl sites for hydroxylation is 1. The number of carbonyl (C=O) groups excluding carboxylic acids is 3. The highest BCUT2D eigenvalue weighted by Crippen LogP contribution is 2.63. The predicted molar refractivity (Wildman–Crippen MR) is 170 cm³/mol. The topological polar surface area (TPSA) is 78.8 Å². The number of carbonyl (C=O) groups is 3. The van der Waals surface area contributed by atoms with E-state index in [2.05, 4.69) is 22.7 Å². The molecular weight excluding hydrogens is 546 g/mol. The molecule has 9 rings (SSSR count). The van der Waals surface area contributed by atoms with Crippen LogP contribution < -0.4 is 10.3 Å². The number of hydrogen-bond acceptors (Lipinski definition) is 4. The van der Waals surface area contributed by atoms with Gasteiger partial charge in [-0.3, -0.25) is 14.4 Å². The Morgan fingerprint density at radius 2 is 1.39 bits per heavy atom. The Hall–Kier alpha value is -5.36. The molecule has 3 amide bonds. The van der Waals surface area contributed by atoms with Gasteiger partial charge in [-0.25, -0.2) is 10.3 Å². The van der Waals surface area contributed by atoms with E-state index in [1.165, 1.54) is 4.90 Å². The van der Waals surface area contributed by atoms with Gasteiger partial charge in [0.1, 0.15) is 0 Å². The maximum atomic E-state index is 14.7. The lowest BCUT2D eigenvalue weighted by Crippen LogP contribution is -2.54. The van der Waals surface area contributed by atoms with E-state index in [9.17, 15) is 14.4 Å². The van der Waals surface area contributed by atoms with Gasteiger partial charge in [0.2, 0.25) is 17.7 Å². The lowest BCUT2D eigenvalue weighted by atomic mass is 9.47. The third-order valence-corrected chi connectivity index (χ3v) is 9.63. The second kappa shape index (κ2) is 10.1. The highest BCUT2D eigenvalue weighted by molar-refractivity contribution is 6.27. The Labute approximate surface area is 255 Å². The molecular formula is C38H29N3O3. The zero-order chi connectivity index (χ0) is 29.8. The van der Waals surface area contributed by atoms with Crippen molar-refractivity contribution in [3.05, 3.63) is 149 Å². The van der Waals surface area contributed by atoms with Crippen molar-refractivity contribution < 1.29 is 14.4 Å². The summed E-state index contributed by atoms with van der Waals surface area (Å²) >= 11 is 0. The summed E-state index contributed by atoms with van der Waals surface area (Å²) in [6.07, 6.45) is 2.59. The third kappa shape index (κ3) is 3.73. The Balaban J connectivity index is 1.24. The van der Waals surface area contributed by atoms with E-state index in [4.69, 9.17) is 0 Å². The molecule has 1 fully saturated rings. The number of amides is 3. The molecule has 0 aromatic heterocycles. The number of nitrogens with one attached hydrogen (secondary N) is 1. The van der Waals surface area contributed by atoms with Gasteiger partial charge in [0.15, 0.2) is 0 Å². The van der Waals surface area contributed by atoms with Crippen LogP contribution in [0.1, 0.15) is 40.2 Å². The fraction of sp³-hybridized carbons (Fsp3) is 0.158. The number of hydrogen-bond donors (Lipinski definition) is 1. The first kappa shape index (κ1) is 26.3. The molecule has 1 heterocycles. The van der Waals surface area contributed by atoms with Crippen molar-refractivity contribution in [1.29, 1.82) is 0 Å². The fourth-order valence-electron chi connectivity index (χ4n) is 7.86. The predicted octanol–water partition coefficient (Wildman–Crippen LogP) is 6.13. The molecule has 3 aliphatic carbocycles. The maximum absolute atomic E-state index is 14.7. The zero-order valence-corrected chi connectivity index (χ0v) is 23.9.